The number of aliphatic carboxylic acids is 2. The normalized spacial score (nSPS) is 19.6. The molecule has 0 saturated carbocycles. The molecule has 1 aliphatic rings. The summed E-state index contributed by atoms with van der Waals surface area (Å²) < 4.78 is 13.6. The summed E-state index contributed by atoms with van der Waals surface area (Å²) in [7, 11) is 0. The van der Waals surface area contributed by atoms with Gasteiger partial charge in [-0.3, -0.25) is 9.59 Å². The molecule has 0 aromatic heterocycles. The molecule has 0 aliphatic carbocycles. The number of rotatable bonds is 5. The van der Waals surface area contributed by atoms with E-state index in [9.17, 15) is 23.9 Å². The average Bonchev–Trinajstić information content (AvgIpc) is 2.79. The van der Waals surface area contributed by atoms with Gasteiger partial charge in [-0.15, -0.1) is 0 Å². The lowest BCUT2D eigenvalue weighted by molar-refractivity contribution is -0.148. The van der Waals surface area contributed by atoms with E-state index < -0.39 is 35.6 Å². The minimum Gasteiger partial charge on any atom is -0.481 e. The number of carbonyl (C=O) groups is 3. The Hall–Kier alpha value is -2.44. The molecule has 6 nitrogen and oxygen atoms in total. The molecular weight excluding hydrogens is 281 g/mol. The largest absolute Gasteiger partial charge is 0.481 e. The summed E-state index contributed by atoms with van der Waals surface area (Å²) in [6.45, 7) is -0.167. The third-order valence-corrected chi connectivity index (χ3v) is 3.54. The van der Waals surface area contributed by atoms with E-state index in [1.807, 2.05) is 0 Å². The van der Waals surface area contributed by atoms with E-state index in [0.717, 1.165) is 4.90 Å². The van der Waals surface area contributed by atoms with E-state index in [0.29, 0.717) is 0 Å². The van der Waals surface area contributed by atoms with Crippen LogP contribution in [0.2, 0.25) is 0 Å². The van der Waals surface area contributed by atoms with Crippen LogP contribution in [0.4, 0.5) is 4.39 Å². The van der Waals surface area contributed by atoms with Gasteiger partial charge in [0.25, 0.3) is 0 Å². The topological polar surface area (TPSA) is 94.9 Å². The van der Waals surface area contributed by atoms with Crippen molar-refractivity contribution in [1.29, 1.82) is 0 Å². The predicted octanol–water partition coefficient (Wildman–Crippen LogP) is 0.754. The fourth-order valence-corrected chi connectivity index (χ4v) is 2.40. The molecule has 1 aliphatic heterocycles. The molecule has 0 bridgehead atoms. The molecule has 2 N–H and O–H groups in total. The fraction of sp³-hybridized carbons (Fsp3) is 0.357. The summed E-state index contributed by atoms with van der Waals surface area (Å²) in [5.41, 5.74) is 0.177. The molecule has 112 valence electrons. The van der Waals surface area contributed by atoms with Crippen molar-refractivity contribution in [3.8, 4) is 0 Å². The highest BCUT2D eigenvalue weighted by Gasteiger charge is 2.40. The van der Waals surface area contributed by atoms with Crippen molar-refractivity contribution in [2.45, 2.75) is 18.9 Å². The second-order valence-electron chi connectivity index (χ2n) is 4.93. The van der Waals surface area contributed by atoms with E-state index in [4.69, 9.17) is 5.11 Å². The van der Waals surface area contributed by atoms with Gasteiger partial charge in [-0.1, -0.05) is 18.2 Å². The van der Waals surface area contributed by atoms with Crippen molar-refractivity contribution in [2.75, 3.05) is 6.54 Å². The number of benzene rings is 1. The Bertz CT molecular complexity index is 588. The molecule has 21 heavy (non-hydrogen) atoms. The number of carbonyl (C=O) groups excluding carboxylic acids is 1. The van der Waals surface area contributed by atoms with E-state index in [-0.39, 0.29) is 24.9 Å². The van der Waals surface area contributed by atoms with Gasteiger partial charge in [0, 0.05) is 19.4 Å². The van der Waals surface area contributed by atoms with Crippen molar-refractivity contribution >= 4 is 17.8 Å². The van der Waals surface area contributed by atoms with Crippen LogP contribution in [-0.4, -0.2) is 45.5 Å². The standard InChI is InChI=1S/C14H14FNO5/c15-10-4-2-1-3-8(10)5-11(14(20)21)16-7-9(13(18)19)6-12(16)17/h1-4,9,11H,5-7H2,(H,18,19)(H,20,21)/t9?,11-/m1/s1. The second kappa shape index (κ2) is 5.90. The van der Waals surface area contributed by atoms with Crippen LogP contribution in [0, 0.1) is 11.7 Å². The van der Waals surface area contributed by atoms with Gasteiger partial charge in [-0.2, -0.15) is 0 Å². The molecule has 1 amide bonds. The summed E-state index contributed by atoms with van der Waals surface area (Å²) in [4.78, 5) is 35.1. The van der Waals surface area contributed by atoms with E-state index in [1.165, 1.54) is 18.2 Å². The van der Waals surface area contributed by atoms with Crippen LogP contribution in [0.5, 0.6) is 0 Å². The average molecular weight is 295 g/mol. The zero-order chi connectivity index (χ0) is 15.6. The zero-order valence-electron chi connectivity index (χ0n) is 11.0. The summed E-state index contributed by atoms with van der Waals surface area (Å²) in [5, 5.41) is 18.2. The molecule has 2 rings (SSSR count). The first-order chi connectivity index (χ1) is 9.90. The van der Waals surface area contributed by atoms with Crippen molar-refractivity contribution < 1.29 is 29.0 Å². The maximum Gasteiger partial charge on any atom is 0.326 e. The van der Waals surface area contributed by atoms with Gasteiger partial charge in [0.05, 0.1) is 5.92 Å². The van der Waals surface area contributed by atoms with Crippen LogP contribution in [-0.2, 0) is 20.8 Å². The van der Waals surface area contributed by atoms with Crippen molar-refractivity contribution in [2.24, 2.45) is 5.92 Å². The molecule has 1 aromatic rings. The first kappa shape index (κ1) is 15.0. The Balaban J connectivity index is 2.20. The highest BCUT2D eigenvalue weighted by Crippen LogP contribution is 2.23. The summed E-state index contributed by atoms with van der Waals surface area (Å²) in [6.07, 6.45) is -0.420. The minimum absolute atomic E-state index is 0.167. The van der Waals surface area contributed by atoms with Gasteiger partial charge in [-0.25, -0.2) is 9.18 Å². The molecule has 7 heteroatoms. The predicted molar refractivity (Wildman–Crippen MR) is 69.0 cm³/mol. The molecule has 0 radical (unpaired) electrons. The van der Waals surface area contributed by atoms with E-state index in [2.05, 4.69) is 0 Å². The van der Waals surface area contributed by atoms with E-state index in [1.54, 1.807) is 6.07 Å². The van der Waals surface area contributed by atoms with Crippen molar-refractivity contribution in [3.63, 3.8) is 0 Å². The fourth-order valence-electron chi connectivity index (χ4n) is 2.40. The Labute approximate surface area is 119 Å². The number of hydrogen-bond acceptors (Lipinski definition) is 3. The lowest BCUT2D eigenvalue weighted by Crippen LogP contribution is -2.44. The molecule has 1 aromatic carbocycles. The van der Waals surface area contributed by atoms with Crippen LogP contribution in [0.1, 0.15) is 12.0 Å². The summed E-state index contributed by atoms with van der Waals surface area (Å²) in [6, 6.07) is 4.44. The lowest BCUT2D eigenvalue weighted by Gasteiger charge is -2.24. The second-order valence-corrected chi connectivity index (χ2v) is 4.93. The monoisotopic (exact) mass is 295 g/mol. The number of carboxylic acid groups (broad SMARTS) is 2. The third kappa shape index (κ3) is 3.18. The maximum atomic E-state index is 13.6. The number of halogens is 1. The zero-order valence-corrected chi connectivity index (χ0v) is 11.0. The number of nitrogens with zero attached hydrogens (tertiary/aromatic N) is 1. The maximum absolute atomic E-state index is 13.6. The van der Waals surface area contributed by atoms with Gasteiger partial charge < -0.3 is 15.1 Å². The number of amides is 1. The van der Waals surface area contributed by atoms with Gasteiger partial charge in [0.1, 0.15) is 11.9 Å². The lowest BCUT2D eigenvalue weighted by atomic mass is 10.0. The SMILES string of the molecule is O=C(O)C1CC(=O)N([C@H](Cc2ccccc2F)C(=O)O)C1. The quantitative estimate of drug-likeness (QED) is 0.836. The Kier molecular flexibility index (Phi) is 4.21. The molecule has 1 fully saturated rings. The number of likely N-dealkylation sites (tertiary alicyclic amines) is 1. The highest BCUT2D eigenvalue weighted by atomic mass is 19.1. The smallest absolute Gasteiger partial charge is 0.326 e. The van der Waals surface area contributed by atoms with Crippen molar-refractivity contribution in [1.82, 2.24) is 4.90 Å². The Morgan fingerprint density at radius 3 is 2.52 bits per heavy atom. The van der Waals surface area contributed by atoms with Crippen LogP contribution in [0.3, 0.4) is 0 Å². The molecule has 0 spiro atoms. The van der Waals surface area contributed by atoms with Crippen LogP contribution < -0.4 is 0 Å². The molecular formula is C14H14FNO5. The van der Waals surface area contributed by atoms with E-state index >= 15 is 0 Å². The first-order valence-electron chi connectivity index (χ1n) is 6.38. The summed E-state index contributed by atoms with van der Waals surface area (Å²) >= 11 is 0. The molecule has 1 saturated heterocycles. The highest BCUT2D eigenvalue weighted by molar-refractivity contribution is 5.89. The Morgan fingerprint density at radius 1 is 1.33 bits per heavy atom. The van der Waals surface area contributed by atoms with Gasteiger partial charge in [-0.05, 0) is 11.6 Å². The van der Waals surface area contributed by atoms with Crippen LogP contribution >= 0.6 is 0 Å². The van der Waals surface area contributed by atoms with Crippen molar-refractivity contribution in [3.05, 3.63) is 35.6 Å². The van der Waals surface area contributed by atoms with Crippen LogP contribution in [0.15, 0.2) is 24.3 Å². The van der Waals surface area contributed by atoms with Crippen LogP contribution in [0.25, 0.3) is 0 Å². The minimum atomic E-state index is -1.28. The third-order valence-electron chi connectivity index (χ3n) is 3.54. The van der Waals surface area contributed by atoms with Gasteiger partial charge in [0.2, 0.25) is 5.91 Å². The molecule has 1 heterocycles. The molecule has 1 unspecified atom stereocenters. The first-order valence-corrected chi connectivity index (χ1v) is 6.38. The number of carboxylic acids is 2. The van der Waals surface area contributed by atoms with Gasteiger partial charge >= 0.3 is 11.9 Å². The number of hydrogen-bond donors (Lipinski definition) is 2. The van der Waals surface area contributed by atoms with Gasteiger partial charge in [0.15, 0.2) is 0 Å². The molecule has 2 atom stereocenters. The Morgan fingerprint density at radius 2 is 2.00 bits per heavy atom. The summed E-state index contributed by atoms with van der Waals surface area (Å²) in [5.74, 6) is -4.42.